The zero-order valence-corrected chi connectivity index (χ0v) is 13.9. The SMILES string of the molecule is COC1CC(CC(=O)O)N(C(=O)COc2cccc(Cl)c2C)C1. The number of hydrogen-bond donors (Lipinski definition) is 1. The molecular weight excluding hydrogens is 322 g/mol. The molecule has 0 aliphatic carbocycles. The summed E-state index contributed by atoms with van der Waals surface area (Å²) in [6.07, 6.45) is 0.281. The summed E-state index contributed by atoms with van der Waals surface area (Å²) >= 11 is 6.02. The lowest BCUT2D eigenvalue weighted by molar-refractivity contribution is -0.140. The van der Waals surface area contributed by atoms with E-state index in [0.717, 1.165) is 5.56 Å². The molecule has 126 valence electrons. The molecule has 1 heterocycles. The van der Waals surface area contributed by atoms with Crippen molar-refractivity contribution in [2.24, 2.45) is 0 Å². The van der Waals surface area contributed by atoms with Crippen molar-refractivity contribution in [3.8, 4) is 5.75 Å². The first-order chi connectivity index (χ1) is 10.9. The Balaban J connectivity index is 2.00. The van der Waals surface area contributed by atoms with Crippen LogP contribution in [0.3, 0.4) is 0 Å². The average molecular weight is 342 g/mol. The Morgan fingerprint density at radius 3 is 2.83 bits per heavy atom. The summed E-state index contributed by atoms with van der Waals surface area (Å²) in [5.74, 6) is -0.644. The predicted octanol–water partition coefficient (Wildman–Crippen LogP) is 2.12. The minimum atomic E-state index is -0.934. The van der Waals surface area contributed by atoms with Crippen molar-refractivity contribution in [1.82, 2.24) is 4.90 Å². The number of likely N-dealkylation sites (tertiary alicyclic amines) is 1. The normalized spacial score (nSPS) is 20.6. The molecule has 2 unspecified atom stereocenters. The molecule has 23 heavy (non-hydrogen) atoms. The van der Waals surface area contributed by atoms with Crippen LogP contribution in [0.1, 0.15) is 18.4 Å². The number of carboxylic acids is 1. The molecule has 2 rings (SSSR count). The summed E-state index contributed by atoms with van der Waals surface area (Å²) in [6.45, 7) is 2.03. The van der Waals surface area contributed by atoms with Gasteiger partial charge < -0.3 is 19.5 Å². The number of amides is 1. The lowest BCUT2D eigenvalue weighted by atomic mass is 10.1. The monoisotopic (exact) mass is 341 g/mol. The molecule has 0 radical (unpaired) electrons. The van der Waals surface area contributed by atoms with E-state index in [4.69, 9.17) is 26.2 Å². The highest BCUT2D eigenvalue weighted by Crippen LogP contribution is 2.26. The largest absolute Gasteiger partial charge is 0.483 e. The summed E-state index contributed by atoms with van der Waals surface area (Å²) in [7, 11) is 1.56. The van der Waals surface area contributed by atoms with Crippen molar-refractivity contribution in [3.05, 3.63) is 28.8 Å². The highest BCUT2D eigenvalue weighted by Gasteiger charge is 2.36. The van der Waals surface area contributed by atoms with Gasteiger partial charge in [0.2, 0.25) is 0 Å². The van der Waals surface area contributed by atoms with Crippen LogP contribution in [0.5, 0.6) is 5.75 Å². The molecule has 1 fully saturated rings. The third kappa shape index (κ3) is 4.36. The van der Waals surface area contributed by atoms with Gasteiger partial charge in [-0.05, 0) is 25.5 Å². The van der Waals surface area contributed by atoms with E-state index in [1.165, 1.54) is 4.90 Å². The van der Waals surface area contributed by atoms with Crippen LogP contribution in [0.25, 0.3) is 0 Å². The van der Waals surface area contributed by atoms with Crippen molar-refractivity contribution < 1.29 is 24.2 Å². The van der Waals surface area contributed by atoms with Gasteiger partial charge in [-0.3, -0.25) is 9.59 Å². The van der Waals surface area contributed by atoms with Crippen molar-refractivity contribution in [3.63, 3.8) is 0 Å². The van der Waals surface area contributed by atoms with Crippen LogP contribution < -0.4 is 4.74 Å². The van der Waals surface area contributed by atoms with Gasteiger partial charge in [0.25, 0.3) is 5.91 Å². The number of carboxylic acid groups (broad SMARTS) is 1. The van der Waals surface area contributed by atoms with Gasteiger partial charge in [0.05, 0.1) is 12.5 Å². The average Bonchev–Trinajstić information content (AvgIpc) is 2.90. The van der Waals surface area contributed by atoms with Gasteiger partial charge in [-0.25, -0.2) is 0 Å². The minimum Gasteiger partial charge on any atom is -0.483 e. The van der Waals surface area contributed by atoms with Gasteiger partial charge in [0.15, 0.2) is 6.61 Å². The van der Waals surface area contributed by atoms with Gasteiger partial charge >= 0.3 is 5.97 Å². The zero-order valence-electron chi connectivity index (χ0n) is 13.1. The van der Waals surface area contributed by atoms with Crippen LogP contribution in [0.2, 0.25) is 5.02 Å². The Hall–Kier alpha value is -1.79. The predicted molar refractivity (Wildman–Crippen MR) is 84.9 cm³/mol. The summed E-state index contributed by atoms with van der Waals surface area (Å²) in [5.41, 5.74) is 0.764. The second-order valence-electron chi connectivity index (χ2n) is 5.54. The maximum absolute atomic E-state index is 12.4. The standard InChI is InChI=1S/C16H20ClNO5/c1-10-13(17)4-3-5-14(10)23-9-15(19)18-8-12(22-2)6-11(18)7-16(20)21/h3-5,11-12H,6-9H2,1-2H3,(H,20,21). The van der Waals surface area contributed by atoms with E-state index in [-0.39, 0.29) is 31.1 Å². The van der Waals surface area contributed by atoms with Crippen LogP contribution in [-0.2, 0) is 14.3 Å². The summed E-state index contributed by atoms with van der Waals surface area (Å²) in [5, 5.41) is 9.55. The first-order valence-electron chi connectivity index (χ1n) is 7.34. The molecule has 1 amide bonds. The molecule has 0 bridgehead atoms. The van der Waals surface area contributed by atoms with Crippen molar-refractivity contribution in [2.75, 3.05) is 20.3 Å². The van der Waals surface area contributed by atoms with Crippen LogP contribution in [0, 0.1) is 6.92 Å². The van der Waals surface area contributed by atoms with E-state index in [1.54, 1.807) is 25.3 Å². The number of aliphatic carboxylic acids is 1. The summed E-state index contributed by atoms with van der Waals surface area (Å²) in [4.78, 5) is 24.9. The molecule has 1 aliphatic rings. The fourth-order valence-electron chi connectivity index (χ4n) is 2.71. The van der Waals surface area contributed by atoms with E-state index in [2.05, 4.69) is 0 Å². The van der Waals surface area contributed by atoms with Crippen LogP contribution in [0.15, 0.2) is 18.2 Å². The summed E-state index contributed by atoms with van der Waals surface area (Å²) < 4.78 is 10.8. The fraction of sp³-hybridized carbons (Fsp3) is 0.500. The molecular formula is C16H20ClNO5. The van der Waals surface area contributed by atoms with Crippen LogP contribution in [-0.4, -0.2) is 54.3 Å². The Labute approximate surface area is 139 Å². The minimum absolute atomic E-state index is 0.0954. The third-order valence-electron chi connectivity index (χ3n) is 4.01. The Bertz CT molecular complexity index is 592. The lowest BCUT2D eigenvalue weighted by Crippen LogP contribution is -2.40. The number of rotatable bonds is 6. The maximum atomic E-state index is 12.4. The van der Waals surface area contributed by atoms with Crippen LogP contribution >= 0.6 is 11.6 Å². The van der Waals surface area contributed by atoms with Crippen molar-refractivity contribution >= 4 is 23.5 Å². The van der Waals surface area contributed by atoms with Crippen molar-refractivity contribution in [1.29, 1.82) is 0 Å². The molecule has 7 heteroatoms. The molecule has 6 nitrogen and oxygen atoms in total. The van der Waals surface area contributed by atoms with E-state index in [1.807, 2.05) is 6.92 Å². The molecule has 1 N–H and O–H groups in total. The number of carbonyl (C=O) groups excluding carboxylic acids is 1. The third-order valence-corrected chi connectivity index (χ3v) is 4.42. The first kappa shape index (κ1) is 17.6. The number of nitrogens with zero attached hydrogens (tertiary/aromatic N) is 1. The van der Waals surface area contributed by atoms with Crippen molar-refractivity contribution in [2.45, 2.75) is 31.9 Å². The van der Waals surface area contributed by atoms with E-state index in [0.29, 0.717) is 23.7 Å². The molecule has 0 spiro atoms. The zero-order chi connectivity index (χ0) is 17.0. The van der Waals surface area contributed by atoms with E-state index in [9.17, 15) is 9.59 Å². The molecule has 0 saturated carbocycles. The number of benzene rings is 1. The molecule has 1 saturated heterocycles. The topological polar surface area (TPSA) is 76.1 Å². The van der Waals surface area contributed by atoms with E-state index >= 15 is 0 Å². The quantitative estimate of drug-likeness (QED) is 0.857. The fourth-order valence-corrected chi connectivity index (χ4v) is 2.88. The van der Waals surface area contributed by atoms with Gasteiger partial charge in [0, 0.05) is 30.3 Å². The highest BCUT2D eigenvalue weighted by atomic mass is 35.5. The number of halogens is 1. The van der Waals surface area contributed by atoms with Crippen LogP contribution in [0.4, 0.5) is 0 Å². The lowest BCUT2D eigenvalue weighted by Gasteiger charge is -2.23. The number of ether oxygens (including phenoxy) is 2. The number of methoxy groups -OCH3 is 1. The first-order valence-corrected chi connectivity index (χ1v) is 7.72. The van der Waals surface area contributed by atoms with Gasteiger partial charge in [-0.2, -0.15) is 0 Å². The van der Waals surface area contributed by atoms with Gasteiger partial charge in [0.1, 0.15) is 5.75 Å². The Morgan fingerprint density at radius 2 is 2.17 bits per heavy atom. The van der Waals surface area contributed by atoms with E-state index < -0.39 is 5.97 Å². The van der Waals surface area contributed by atoms with Gasteiger partial charge in [-0.1, -0.05) is 17.7 Å². The molecule has 1 aliphatic heterocycles. The molecule has 0 aromatic heterocycles. The number of carbonyl (C=O) groups is 2. The Kier molecular flexibility index (Phi) is 5.85. The molecule has 1 aromatic rings. The maximum Gasteiger partial charge on any atom is 0.305 e. The highest BCUT2D eigenvalue weighted by molar-refractivity contribution is 6.31. The second kappa shape index (κ2) is 7.66. The molecule has 2 atom stereocenters. The smallest absolute Gasteiger partial charge is 0.305 e. The number of hydrogen-bond acceptors (Lipinski definition) is 4. The molecule has 1 aromatic carbocycles. The second-order valence-corrected chi connectivity index (χ2v) is 5.95. The Morgan fingerprint density at radius 1 is 1.43 bits per heavy atom. The van der Waals surface area contributed by atoms with Gasteiger partial charge in [-0.15, -0.1) is 0 Å². The summed E-state index contributed by atoms with van der Waals surface area (Å²) in [6, 6.07) is 4.87.